The highest BCUT2D eigenvalue weighted by molar-refractivity contribution is 5.96. The minimum Gasteiger partial charge on any atom is -0.458 e. The first kappa shape index (κ1) is 45.3. The molecular weight excluding hydrogens is 731 g/mol. The molecule has 4 rings (SSSR count). The van der Waals surface area contributed by atoms with E-state index in [2.05, 4.69) is 45.1 Å². The number of esters is 1. The number of tetrazole rings is 1. The summed E-state index contributed by atoms with van der Waals surface area (Å²) in [7, 11) is 0. The summed E-state index contributed by atoms with van der Waals surface area (Å²) in [5.74, 6) is -0.187. The van der Waals surface area contributed by atoms with Crippen LogP contribution in [0.1, 0.15) is 139 Å². The van der Waals surface area contributed by atoms with E-state index in [0.717, 1.165) is 92.0 Å². The van der Waals surface area contributed by atoms with E-state index in [0.29, 0.717) is 43.9 Å². The van der Waals surface area contributed by atoms with Crippen LogP contribution in [-0.2, 0) is 25.7 Å². The summed E-state index contributed by atoms with van der Waals surface area (Å²) < 4.78 is 5.58. The van der Waals surface area contributed by atoms with Crippen molar-refractivity contribution in [1.29, 1.82) is 0 Å². The van der Waals surface area contributed by atoms with Gasteiger partial charge in [0.25, 0.3) is 5.91 Å². The van der Waals surface area contributed by atoms with Gasteiger partial charge in [-0.1, -0.05) is 133 Å². The van der Waals surface area contributed by atoms with Gasteiger partial charge in [0.05, 0.1) is 0 Å². The smallest absolute Gasteiger partial charge is 0.303 e. The first-order valence-corrected chi connectivity index (χ1v) is 21.2. The molecule has 3 amide bonds. The van der Waals surface area contributed by atoms with Crippen LogP contribution in [0.4, 0.5) is 0 Å². The number of hydrogen-bond donors (Lipinski definition) is 3. The Kier molecular flexibility index (Phi) is 19.1. The monoisotopic (exact) mass is 793 g/mol. The maximum Gasteiger partial charge on any atom is 0.303 e. The molecule has 12 heteroatoms. The Hall–Kier alpha value is -5.39. The van der Waals surface area contributed by atoms with Gasteiger partial charge in [0.15, 0.2) is 0 Å². The first-order chi connectivity index (χ1) is 28.1. The van der Waals surface area contributed by atoms with Crippen LogP contribution in [0.15, 0.2) is 72.8 Å². The van der Waals surface area contributed by atoms with Gasteiger partial charge in [0.1, 0.15) is 12.1 Å². The lowest BCUT2D eigenvalue weighted by Crippen LogP contribution is -2.52. The van der Waals surface area contributed by atoms with Crippen molar-refractivity contribution >= 4 is 23.7 Å². The fourth-order valence-electron chi connectivity index (χ4n) is 7.23. The van der Waals surface area contributed by atoms with Crippen LogP contribution in [0.25, 0.3) is 22.5 Å². The highest BCUT2D eigenvalue weighted by atomic mass is 16.5. The summed E-state index contributed by atoms with van der Waals surface area (Å²) in [6.45, 7) is 11.0. The number of nitrogens with one attached hydrogen (secondary N) is 3. The number of carbonyl (C=O) groups is 4. The average Bonchev–Trinajstić information content (AvgIpc) is 3.77. The van der Waals surface area contributed by atoms with E-state index in [1.54, 1.807) is 11.0 Å². The molecular formula is C46H63N7O5. The van der Waals surface area contributed by atoms with Crippen LogP contribution in [0.3, 0.4) is 0 Å². The predicted octanol–water partition coefficient (Wildman–Crippen LogP) is 8.76. The molecule has 0 saturated carbocycles. The quantitative estimate of drug-likeness (QED) is 0.0444. The third-order valence-electron chi connectivity index (χ3n) is 10.3. The number of aromatic amines is 1. The molecule has 3 aromatic carbocycles. The summed E-state index contributed by atoms with van der Waals surface area (Å²) in [5.41, 5.74) is 5.08. The van der Waals surface area contributed by atoms with Crippen molar-refractivity contribution in [1.82, 2.24) is 36.2 Å². The van der Waals surface area contributed by atoms with Crippen LogP contribution in [0, 0.1) is 5.92 Å². The molecule has 0 spiro atoms. The number of amides is 3. The number of aromatic nitrogens is 4. The van der Waals surface area contributed by atoms with E-state index < -0.39 is 12.1 Å². The minimum atomic E-state index is -0.589. The summed E-state index contributed by atoms with van der Waals surface area (Å²) >= 11 is 0. The highest BCUT2D eigenvalue weighted by Gasteiger charge is 2.32. The number of H-pyrrole nitrogens is 1. The van der Waals surface area contributed by atoms with Crippen molar-refractivity contribution in [3.63, 3.8) is 0 Å². The Morgan fingerprint density at radius 3 is 2.03 bits per heavy atom. The lowest BCUT2D eigenvalue weighted by molar-refractivity contribution is -0.147. The molecule has 4 aromatic rings. The number of ether oxygens (including phenoxy) is 1. The van der Waals surface area contributed by atoms with Gasteiger partial charge in [-0.2, -0.15) is 5.21 Å². The molecule has 0 aliphatic rings. The van der Waals surface area contributed by atoms with Crippen LogP contribution in [0.5, 0.6) is 0 Å². The second-order valence-electron chi connectivity index (χ2n) is 15.3. The largest absolute Gasteiger partial charge is 0.458 e. The van der Waals surface area contributed by atoms with E-state index in [1.165, 1.54) is 6.92 Å². The Balaban J connectivity index is 1.23. The van der Waals surface area contributed by atoms with E-state index in [-0.39, 0.29) is 29.6 Å². The van der Waals surface area contributed by atoms with Gasteiger partial charge in [0.2, 0.25) is 17.6 Å². The Morgan fingerprint density at radius 1 is 0.759 bits per heavy atom. The molecule has 12 nitrogen and oxygen atoms in total. The van der Waals surface area contributed by atoms with Crippen molar-refractivity contribution in [2.45, 2.75) is 130 Å². The topological polar surface area (TPSA) is 159 Å². The predicted molar refractivity (Wildman–Crippen MR) is 227 cm³/mol. The second kappa shape index (κ2) is 24.4. The van der Waals surface area contributed by atoms with E-state index >= 15 is 0 Å². The molecule has 0 radical (unpaired) electrons. The number of hydrogen-bond acceptors (Lipinski definition) is 8. The zero-order valence-corrected chi connectivity index (χ0v) is 35.1. The lowest BCUT2D eigenvalue weighted by atomic mass is 9.97. The summed E-state index contributed by atoms with van der Waals surface area (Å²) in [5, 5.41) is 20.7. The molecule has 2 atom stereocenters. The lowest BCUT2D eigenvalue weighted by Gasteiger charge is -2.34. The Morgan fingerprint density at radius 2 is 1.40 bits per heavy atom. The summed E-state index contributed by atoms with van der Waals surface area (Å²) in [4.78, 5) is 54.0. The molecule has 2 unspecified atom stereocenters. The van der Waals surface area contributed by atoms with Gasteiger partial charge in [0, 0.05) is 49.7 Å². The molecule has 0 fully saturated rings. The fraction of sp³-hybridized carbons (Fsp3) is 0.500. The van der Waals surface area contributed by atoms with Crippen molar-refractivity contribution in [2.24, 2.45) is 5.92 Å². The highest BCUT2D eigenvalue weighted by Crippen LogP contribution is 2.31. The van der Waals surface area contributed by atoms with E-state index in [9.17, 15) is 19.2 Å². The van der Waals surface area contributed by atoms with Crippen LogP contribution < -0.4 is 10.6 Å². The molecule has 3 N–H and O–H groups in total. The third kappa shape index (κ3) is 13.9. The van der Waals surface area contributed by atoms with Gasteiger partial charge >= 0.3 is 5.97 Å². The number of rotatable bonds is 25. The standard InChI is InChI=1S/C46H63N7O5/c1-6-8-24-41(58-34(5)54)38-21-15-17-23-40(38)45(56)47-30-18-12-10-11-13-19-31-48-46(57)43(33(3)4)53(42(55)25-9-7-2)32-35-26-28-36(29-27-35)37-20-14-16-22-39(37)44-49-51-52-50-44/h14-17,20-23,26-29,33,41,43H,6-13,18-19,24-25,30-32H2,1-5H3,(H,47,56)(H,48,57)(H,49,50,51,52). The molecule has 1 heterocycles. The zero-order valence-electron chi connectivity index (χ0n) is 35.1. The minimum absolute atomic E-state index is 0.0132. The first-order valence-electron chi connectivity index (χ1n) is 21.2. The molecule has 58 heavy (non-hydrogen) atoms. The number of benzene rings is 3. The molecule has 0 aliphatic carbocycles. The van der Waals surface area contributed by atoms with Gasteiger partial charge in [-0.05, 0) is 66.0 Å². The zero-order chi connectivity index (χ0) is 41.7. The summed E-state index contributed by atoms with van der Waals surface area (Å²) in [6.07, 6.45) is 9.91. The molecule has 1 aromatic heterocycles. The van der Waals surface area contributed by atoms with Crippen LogP contribution >= 0.6 is 0 Å². The maximum absolute atomic E-state index is 13.7. The molecule has 0 saturated heterocycles. The molecule has 312 valence electrons. The number of unbranched alkanes of at least 4 members (excludes halogenated alkanes) is 7. The number of nitrogens with zero attached hydrogens (tertiary/aromatic N) is 4. The fourth-order valence-corrected chi connectivity index (χ4v) is 7.23. The maximum atomic E-state index is 13.7. The van der Waals surface area contributed by atoms with Crippen molar-refractivity contribution in [2.75, 3.05) is 13.1 Å². The van der Waals surface area contributed by atoms with Crippen LogP contribution in [-0.4, -0.2) is 68.3 Å². The van der Waals surface area contributed by atoms with Crippen LogP contribution in [0.2, 0.25) is 0 Å². The van der Waals surface area contributed by atoms with E-state index in [1.807, 2.05) is 80.6 Å². The molecule has 0 aliphatic heterocycles. The van der Waals surface area contributed by atoms with Crippen molar-refractivity contribution < 1.29 is 23.9 Å². The SMILES string of the molecule is CCCCC(=O)N(Cc1ccc(-c2ccccc2-c2nn[nH]n2)cc1)C(C(=O)NCCCCCCCCNC(=O)c1ccccc1C(CCCC)OC(C)=O)C(C)C. The Bertz CT molecular complexity index is 1860. The normalized spacial score (nSPS) is 12.2. The van der Waals surface area contributed by atoms with Crippen molar-refractivity contribution in [3.05, 3.63) is 89.5 Å². The number of carbonyl (C=O) groups excluding carboxylic acids is 4. The average molecular weight is 794 g/mol. The van der Waals surface area contributed by atoms with Gasteiger partial charge < -0.3 is 20.3 Å². The molecule has 0 bridgehead atoms. The van der Waals surface area contributed by atoms with Gasteiger partial charge in [-0.3, -0.25) is 19.2 Å². The van der Waals surface area contributed by atoms with E-state index in [4.69, 9.17) is 4.74 Å². The van der Waals surface area contributed by atoms with Crippen molar-refractivity contribution in [3.8, 4) is 22.5 Å². The summed E-state index contributed by atoms with van der Waals surface area (Å²) in [6, 6.07) is 22.8. The third-order valence-corrected chi connectivity index (χ3v) is 10.3. The van der Waals surface area contributed by atoms with Gasteiger partial charge in [-0.25, -0.2) is 0 Å². The second-order valence-corrected chi connectivity index (χ2v) is 15.3. The van der Waals surface area contributed by atoms with Gasteiger partial charge in [-0.15, -0.1) is 10.2 Å². The Labute approximate surface area is 344 Å².